The van der Waals surface area contributed by atoms with Crippen LogP contribution in [0.25, 0.3) is 0 Å². The Balaban J connectivity index is 1.66. The summed E-state index contributed by atoms with van der Waals surface area (Å²) in [4.78, 5) is 17.2. The number of rotatable bonds is 4. The highest BCUT2D eigenvalue weighted by Crippen LogP contribution is 2.22. The van der Waals surface area contributed by atoms with E-state index in [0.29, 0.717) is 5.56 Å². The molecule has 2 aromatic carbocycles. The highest BCUT2D eigenvalue weighted by atomic mass is 16.5. The molecule has 1 fully saturated rings. The summed E-state index contributed by atoms with van der Waals surface area (Å²) in [6.45, 7) is 6.28. The van der Waals surface area contributed by atoms with E-state index >= 15 is 0 Å². The molecule has 1 N–H and O–H groups in total. The van der Waals surface area contributed by atoms with Crippen LogP contribution in [-0.2, 0) is 0 Å². The third kappa shape index (κ3) is 4.35. The molecule has 1 heterocycles. The van der Waals surface area contributed by atoms with E-state index in [1.807, 2.05) is 31.2 Å². The first-order chi connectivity index (χ1) is 12.6. The summed E-state index contributed by atoms with van der Waals surface area (Å²) in [5.41, 5.74) is 3.60. The fourth-order valence-electron chi connectivity index (χ4n) is 3.22. The van der Waals surface area contributed by atoms with E-state index in [1.165, 1.54) is 12.1 Å². The lowest BCUT2D eigenvalue weighted by molar-refractivity contribution is 0.102. The van der Waals surface area contributed by atoms with E-state index in [4.69, 9.17) is 4.74 Å². The Bertz CT molecular complexity index is 758. The molecule has 0 unspecified atom stereocenters. The molecule has 5 nitrogen and oxygen atoms in total. The zero-order valence-corrected chi connectivity index (χ0v) is 15.8. The first kappa shape index (κ1) is 18.3. The van der Waals surface area contributed by atoms with E-state index in [1.54, 1.807) is 13.2 Å². The van der Waals surface area contributed by atoms with Crippen LogP contribution in [0.3, 0.4) is 0 Å². The number of carbonyl (C=O) groups excluding carboxylic acids is 1. The SMILES string of the molecule is COc1cc(C(=O)Nc2ccc(N3CCCN(C)CC3)cc2)ccc1C. The molecule has 0 aliphatic carbocycles. The maximum Gasteiger partial charge on any atom is 0.255 e. The molecule has 0 radical (unpaired) electrons. The van der Waals surface area contributed by atoms with Gasteiger partial charge in [-0.05, 0) is 68.9 Å². The molecular weight excluding hydrogens is 326 g/mol. The van der Waals surface area contributed by atoms with Gasteiger partial charge in [-0.3, -0.25) is 4.79 Å². The molecule has 0 atom stereocenters. The lowest BCUT2D eigenvalue weighted by atomic mass is 10.1. The molecule has 0 saturated carbocycles. The number of amides is 1. The largest absolute Gasteiger partial charge is 0.496 e. The molecule has 0 aromatic heterocycles. The van der Waals surface area contributed by atoms with Crippen molar-refractivity contribution in [2.45, 2.75) is 13.3 Å². The van der Waals surface area contributed by atoms with Gasteiger partial charge in [0.05, 0.1) is 7.11 Å². The Morgan fingerprint density at radius 1 is 1.04 bits per heavy atom. The fraction of sp³-hybridized carbons (Fsp3) is 0.381. The van der Waals surface area contributed by atoms with Crippen molar-refractivity contribution >= 4 is 17.3 Å². The van der Waals surface area contributed by atoms with Crippen LogP contribution in [0.5, 0.6) is 5.75 Å². The first-order valence-electron chi connectivity index (χ1n) is 9.06. The number of nitrogens with one attached hydrogen (secondary N) is 1. The molecule has 1 aliphatic rings. The number of aryl methyl sites for hydroxylation is 1. The topological polar surface area (TPSA) is 44.8 Å². The van der Waals surface area contributed by atoms with Crippen LogP contribution in [0.15, 0.2) is 42.5 Å². The summed E-state index contributed by atoms with van der Waals surface area (Å²) in [5.74, 6) is 0.589. The van der Waals surface area contributed by atoms with Gasteiger partial charge >= 0.3 is 0 Å². The smallest absolute Gasteiger partial charge is 0.255 e. The predicted octanol–water partition coefficient (Wildman–Crippen LogP) is 3.40. The van der Waals surface area contributed by atoms with Crippen molar-refractivity contribution < 1.29 is 9.53 Å². The minimum absolute atomic E-state index is 0.132. The maximum atomic E-state index is 12.5. The van der Waals surface area contributed by atoms with Crippen LogP contribution < -0.4 is 15.0 Å². The molecule has 5 heteroatoms. The number of anilines is 2. The standard InChI is InChI=1S/C21H27N3O2/c1-16-5-6-17(15-20(16)26-3)21(25)22-18-7-9-19(10-8-18)24-12-4-11-23(2)13-14-24/h5-10,15H,4,11-14H2,1-3H3,(H,22,25). The van der Waals surface area contributed by atoms with Crippen molar-refractivity contribution in [3.05, 3.63) is 53.6 Å². The summed E-state index contributed by atoms with van der Waals surface area (Å²) in [6.07, 6.45) is 1.17. The van der Waals surface area contributed by atoms with Gasteiger partial charge in [-0.2, -0.15) is 0 Å². The minimum atomic E-state index is -0.132. The Morgan fingerprint density at radius 2 is 1.81 bits per heavy atom. The second-order valence-electron chi connectivity index (χ2n) is 6.83. The van der Waals surface area contributed by atoms with Gasteiger partial charge in [0.15, 0.2) is 0 Å². The molecule has 1 aliphatic heterocycles. The summed E-state index contributed by atoms with van der Waals surface area (Å²) >= 11 is 0. The number of carbonyl (C=O) groups is 1. The number of methoxy groups -OCH3 is 1. The number of likely N-dealkylation sites (N-methyl/N-ethyl adjacent to an activating group) is 1. The van der Waals surface area contributed by atoms with Gasteiger partial charge in [0.25, 0.3) is 5.91 Å². The van der Waals surface area contributed by atoms with Crippen LogP contribution in [0.1, 0.15) is 22.3 Å². The lowest BCUT2D eigenvalue weighted by Gasteiger charge is -2.23. The number of ether oxygens (including phenoxy) is 1. The molecule has 26 heavy (non-hydrogen) atoms. The van der Waals surface area contributed by atoms with Gasteiger partial charge in [-0.1, -0.05) is 6.07 Å². The summed E-state index contributed by atoms with van der Waals surface area (Å²) in [6, 6.07) is 13.6. The predicted molar refractivity (Wildman–Crippen MR) is 106 cm³/mol. The van der Waals surface area contributed by atoms with Crippen molar-refractivity contribution in [2.75, 3.05) is 50.6 Å². The lowest BCUT2D eigenvalue weighted by Crippen LogP contribution is -2.28. The van der Waals surface area contributed by atoms with Crippen molar-refractivity contribution in [3.63, 3.8) is 0 Å². The molecule has 3 rings (SSSR count). The van der Waals surface area contributed by atoms with Crippen LogP contribution in [0.2, 0.25) is 0 Å². The first-order valence-corrected chi connectivity index (χ1v) is 9.06. The monoisotopic (exact) mass is 353 g/mol. The highest BCUT2D eigenvalue weighted by Gasteiger charge is 2.13. The average Bonchev–Trinajstić information content (AvgIpc) is 2.87. The van der Waals surface area contributed by atoms with Gasteiger partial charge < -0.3 is 19.9 Å². The average molecular weight is 353 g/mol. The minimum Gasteiger partial charge on any atom is -0.496 e. The molecule has 1 saturated heterocycles. The fourth-order valence-corrected chi connectivity index (χ4v) is 3.22. The zero-order chi connectivity index (χ0) is 18.5. The van der Waals surface area contributed by atoms with E-state index in [-0.39, 0.29) is 5.91 Å². The van der Waals surface area contributed by atoms with Crippen molar-refractivity contribution in [2.24, 2.45) is 0 Å². The zero-order valence-electron chi connectivity index (χ0n) is 15.8. The van der Waals surface area contributed by atoms with Crippen LogP contribution in [0, 0.1) is 6.92 Å². The van der Waals surface area contributed by atoms with Gasteiger partial charge in [-0.25, -0.2) is 0 Å². The van der Waals surface area contributed by atoms with Gasteiger partial charge in [0, 0.05) is 36.6 Å². The van der Waals surface area contributed by atoms with E-state index in [0.717, 1.165) is 43.2 Å². The van der Waals surface area contributed by atoms with E-state index in [2.05, 4.69) is 34.3 Å². The second-order valence-corrected chi connectivity index (χ2v) is 6.83. The van der Waals surface area contributed by atoms with E-state index < -0.39 is 0 Å². The van der Waals surface area contributed by atoms with Crippen LogP contribution >= 0.6 is 0 Å². The second kappa shape index (κ2) is 8.23. The Kier molecular flexibility index (Phi) is 5.78. The van der Waals surface area contributed by atoms with Crippen molar-refractivity contribution in [1.29, 1.82) is 0 Å². The van der Waals surface area contributed by atoms with Gasteiger partial charge in [0.1, 0.15) is 5.75 Å². The Labute approximate surface area is 155 Å². The number of nitrogens with zero attached hydrogens (tertiary/aromatic N) is 2. The molecule has 2 aromatic rings. The van der Waals surface area contributed by atoms with Gasteiger partial charge in [0.2, 0.25) is 0 Å². The Hall–Kier alpha value is -2.53. The molecule has 0 spiro atoms. The van der Waals surface area contributed by atoms with Crippen molar-refractivity contribution in [1.82, 2.24) is 4.90 Å². The summed E-state index contributed by atoms with van der Waals surface area (Å²) in [5, 5.41) is 2.96. The normalized spacial score (nSPS) is 15.4. The maximum absolute atomic E-state index is 12.5. The van der Waals surface area contributed by atoms with Crippen LogP contribution in [-0.4, -0.2) is 51.1 Å². The van der Waals surface area contributed by atoms with Gasteiger partial charge in [-0.15, -0.1) is 0 Å². The third-order valence-electron chi connectivity index (χ3n) is 4.88. The number of hydrogen-bond acceptors (Lipinski definition) is 4. The molecule has 138 valence electrons. The van der Waals surface area contributed by atoms with Crippen molar-refractivity contribution in [3.8, 4) is 5.75 Å². The molecule has 0 bridgehead atoms. The summed E-state index contributed by atoms with van der Waals surface area (Å²) in [7, 11) is 3.78. The van der Waals surface area contributed by atoms with E-state index in [9.17, 15) is 4.79 Å². The molecule has 1 amide bonds. The highest BCUT2D eigenvalue weighted by molar-refractivity contribution is 6.04. The number of benzene rings is 2. The quantitative estimate of drug-likeness (QED) is 0.915. The third-order valence-corrected chi connectivity index (χ3v) is 4.88. The Morgan fingerprint density at radius 3 is 2.54 bits per heavy atom. The van der Waals surface area contributed by atoms with Crippen LogP contribution in [0.4, 0.5) is 11.4 Å². The molecular formula is C21H27N3O2. The summed E-state index contributed by atoms with van der Waals surface area (Å²) < 4.78 is 5.30. The number of hydrogen-bond donors (Lipinski definition) is 1.